The van der Waals surface area contributed by atoms with Crippen LogP contribution in [0.1, 0.15) is 5.56 Å². The van der Waals surface area contributed by atoms with Crippen LogP contribution in [0.4, 0.5) is 4.39 Å². The molecular formula is C11H8BrFN2S. The zero-order chi connectivity index (χ0) is 11.4. The number of halogens is 2. The smallest absolute Gasteiger partial charge is 0.128 e. The van der Waals surface area contributed by atoms with Gasteiger partial charge in [0, 0.05) is 16.4 Å². The third kappa shape index (κ3) is 3.02. The Bertz CT molecular complexity index is 479. The maximum absolute atomic E-state index is 13.5. The molecule has 0 aliphatic heterocycles. The van der Waals surface area contributed by atoms with Crippen molar-refractivity contribution < 1.29 is 4.39 Å². The van der Waals surface area contributed by atoms with Gasteiger partial charge in [-0.15, -0.1) is 11.8 Å². The maximum Gasteiger partial charge on any atom is 0.128 e. The molecule has 0 atom stereocenters. The Labute approximate surface area is 105 Å². The summed E-state index contributed by atoms with van der Waals surface area (Å²) in [5.41, 5.74) is 0.673. The fourth-order valence-corrected chi connectivity index (χ4v) is 2.30. The molecule has 1 heterocycles. The summed E-state index contributed by atoms with van der Waals surface area (Å²) >= 11 is 4.71. The number of aromatic nitrogens is 2. The number of thioether (sulfide) groups is 1. The summed E-state index contributed by atoms with van der Waals surface area (Å²) in [6.45, 7) is 0. The van der Waals surface area contributed by atoms with E-state index in [1.54, 1.807) is 18.3 Å². The SMILES string of the molecule is Fc1cc(Br)ccc1CSc1ccncn1. The van der Waals surface area contributed by atoms with Crippen molar-refractivity contribution in [1.82, 2.24) is 9.97 Å². The van der Waals surface area contributed by atoms with Crippen LogP contribution in [0.5, 0.6) is 0 Å². The van der Waals surface area contributed by atoms with Gasteiger partial charge in [-0.2, -0.15) is 0 Å². The average Bonchev–Trinajstić information content (AvgIpc) is 2.29. The monoisotopic (exact) mass is 298 g/mol. The van der Waals surface area contributed by atoms with Crippen LogP contribution in [0.15, 0.2) is 46.3 Å². The molecule has 1 aromatic carbocycles. The first kappa shape index (κ1) is 11.5. The van der Waals surface area contributed by atoms with Gasteiger partial charge in [0.25, 0.3) is 0 Å². The van der Waals surface area contributed by atoms with Crippen molar-refractivity contribution in [2.24, 2.45) is 0 Å². The van der Waals surface area contributed by atoms with E-state index in [0.29, 0.717) is 11.3 Å². The Balaban J connectivity index is 2.05. The van der Waals surface area contributed by atoms with Crippen molar-refractivity contribution in [3.63, 3.8) is 0 Å². The predicted octanol–water partition coefficient (Wildman–Crippen LogP) is 3.67. The van der Waals surface area contributed by atoms with Crippen molar-refractivity contribution in [3.8, 4) is 0 Å². The highest BCUT2D eigenvalue weighted by molar-refractivity contribution is 9.10. The predicted molar refractivity (Wildman–Crippen MR) is 65.7 cm³/mol. The highest BCUT2D eigenvalue weighted by Gasteiger charge is 2.03. The molecule has 16 heavy (non-hydrogen) atoms. The van der Waals surface area contributed by atoms with E-state index < -0.39 is 0 Å². The molecule has 0 spiro atoms. The molecule has 0 radical (unpaired) electrons. The van der Waals surface area contributed by atoms with E-state index in [0.717, 1.165) is 9.50 Å². The quantitative estimate of drug-likeness (QED) is 0.639. The molecule has 0 bridgehead atoms. The largest absolute Gasteiger partial charge is 0.245 e. The van der Waals surface area contributed by atoms with E-state index in [2.05, 4.69) is 25.9 Å². The molecule has 0 fully saturated rings. The van der Waals surface area contributed by atoms with Gasteiger partial charge in [-0.3, -0.25) is 0 Å². The highest BCUT2D eigenvalue weighted by Crippen LogP contribution is 2.23. The topological polar surface area (TPSA) is 25.8 Å². The van der Waals surface area contributed by atoms with Gasteiger partial charge in [0.2, 0.25) is 0 Å². The number of nitrogens with zero attached hydrogens (tertiary/aromatic N) is 2. The lowest BCUT2D eigenvalue weighted by Crippen LogP contribution is -1.88. The fourth-order valence-electron chi connectivity index (χ4n) is 1.15. The summed E-state index contributed by atoms with van der Waals surface area (Å²) < 4.78 is 14.2. The Morgan fingerprint density at radius 1 is 1.31 bits per heavy atom. The number of rotatable bonds is 3. The summed E-state index contributed by atoms with van der Waals surface area (Å²) in [6.07, 6.45) is 3.16. The molecule has 2 aromatic rings. The first-order chi connectivity index (χ1) is 7.75. The summed E-state index contributed by atoms with van der Waals surface area (Å²) in [7, 11) is 0. The zero-order valence-electron chi connectivity index (χ0n) is 8.23. The molecule has 0 saturated carbocycles. The Hall–Kier alpha value is -0.940. The second kappa shape index (κ2) is 5.41. The second-order valence-electron chi connectivity index (χ2n) is 3.07. The molecular weight excluding hydrogens is 291 g/mol. The lowest BCUT2D eigenvalue weighted by molar-refractivity contribution is 0.616. The lowest BCUT2D eigenvalue weighted by atomic mass is 10.2. The maximum atomic E-state index is 13.5. The van der Waals surface area contributed by atoms with E-state index in [-0.39, 0.29) is 5.82 Å². The standard InChI is InChI=1S/C11H8BrFN2S/c12-9-2-1-8(10(13)5-9)6-16-11-3-4-14-7-15-11/h1-5,7H,6H2. The normalized spacial score (nSPS) is 10.4. The minimum absolute atomic E-state index is 0.198. The Kier molecular flexibility index (Phi) is 3.90. The molecule has 82 valence electrons. The molecule has 2 nitrogen and oxygen atoms in total. The van der Waals surface area contributed by atoms with Gasteiger partial charge >= 0.3 is 0 Å². The summed E-state index contributed by atoms with van der Waals surface area (Å²) in [6, 6.07) is 6.88. The molecule has 0 aliphatic rings. The van der Waals surface area contributed by atoms with Gasteiger partial charge in [0.15, 0.2) is 0 Å². The van der Waals surface area contributed by atoms with Crippen LogP contribution in [0, 0.1) is 5.82 Å². The molecule has 0 N–H and O–H groups in total. The Morgan fingerprint density at radius 3 is 2.88 bits per heavy atom. The van der Waals surface area contributed by atoms with E-state index in [1.165, 1.54) is 24.2 Å². The van der Waals surface area contributed by atoms with Crippen molar-refractivity contribution >= 4 is 27.7 Å². The van der Waals surface area contributed by atoms with Crippen LogP contribution in [0.3, 0.4) is 0 Å². The van der Waals surface area contributed by atoms with Crippen LogP contribution in [0.25, 0.3) is 0 Å². The van der Waals surface area contributed by atoms with Gasteiger partial charge in [-0.1, -0.05) is 22.0 Å². The van der Waals surface area contributed by atoms with Gasteiger partial charge in [-0.25, -0.2) is 14.4 Å². The highest BCUT2D eigenvalue weighted by atomic mass is 79.9. The minimum Gasteiger partial charge on any atom is -0.245 e. The van der Waals surface area contributed by atoms with E-state index in [1.807, 2.05) is 6.07 Å². The van der Waals surface area contributed by atoms with Crippen LogP contribution in [-0.4, -0.2) is 9.97 Å². The van der Waals surface area contributed by atoms with E-state index in [4.69, 9.17) is 0 Å². The fraction of sp³-hybridized carbons (Fsp3) is 0.0909. The third-order valence-electron chi connectivity index (χ3n) is 1.95. The minimum atomic E-state index is -0.198. The summed E-state index contributed by atoms with van der Waals surface area (Å²) in [5, 5.41) is 0.845. The first-order valence-corrected chi connectivity index (χ1v) is 6.36. The van der Waals surface area contributed by atoms with Crippen molar-refractivity contribution in [2.45, 2.75) is 10.8 Å². The third-order valence-corrected chi connectivity index (χ3v) is 3.43. The molecule has 1 aromatic heterocycles. The first-order valence-electron chi connectivity index (χ1n) is 4.58. The van der Waals surface area contributed by atoms with Crippen LogP contribution in [0.2, 0.25) is 0 Å². The van der Waals surface area contributed by atoms with Gasteiger partial charge in [0.1, 0.15) is 12.1 Å². The molecule has 2 rings (SSSR count). The Morgan fingerprint density at radius 2 is 2.19 bits per heavy atom. The van der Waals surface area contributed by atoms with Crippen molar-refractivity contribution in [2.75, 3.05) is 0 Å². The van der Waals surface area contributed by atoms with E-state index in [9.17, 15) is 4.39 Å². The number of hydrogen-bond acceptors (Lipinski definition) is 3. The van der Waals surface area contributed by atoms with Crippen LogP contribution < -0.4 is 0 Å². The van der Waals surface area contributed by atoms with Crippen LogP contribution in [-0.2, 0) is 5.75 Å². The number of hydrogen-bond donors (Lipinski definition) is 0. The van der Waals surface area contributed by atoms with Crippen molar-refractivity contribution in [1.29, 1.82) is 0 Å². The molecule has 0 aliphatic carbocycles. The van der Waals surface area contributed by atoms with E-state index >= 15 is 0 Å². The second-order valence-corrected chi connectivity index (χ2v) is 4.98. The van der Waals surface area contributed by atoms with Crippen molar-refractivity contribution in [3.05, 3.63) is 52.6 Å². The van der Waals surface area contributed by atoms with Gasteiger partial charge < -0.3 is 0 Å². The number of benzene rings is 1. The summed E-state index contributed by atoms with van der Waals surface area (Å²) in [4.78, 5) is 7.89. The van der Waals surface area contributed by atoms with Gasteiger partial charge in [0.05, 0.1) is 5.03 Å². The molecule has 0 saturated heterocycles. The summed E-state index contributed by atoms with van der Waals surface area (Å²) in [5.74, 6) is 0.367. The molecule has 0 amide bonds. The van der Waals surface area contributed by atoms with Gasteiger partial charge in [-0.05, 0) is 23.8 Å². The average molecular weight is 299 g/mol. The van der Waals surface area contributed by atoms with Crippen LogP contribution >= 0.6 is 27.7 Å². The zero-order valence-corrected chi connectivity index (χ0v) is 10.6. The molecule has 0 unspecified atom stereocenters. The lowest BCUT2D eigenvalue weighted by Gasteiger charge is -2.02. The molecule has 5 heteroatoms.